The summed E-state index contributed by atoms with van der Waals surface area (Å²) in [6.45, 7) is 2.06. The van der Waals surface area contributed by atoms with Crippen molar-refractivity contribution < 1.29 is 4.79 Å². The second-order valence-electron chi connectivity index (χ2n) is 5.31. The molecule has 5 nitrogen and oxygen atoms in total. The largest absolute Gasteiger partial charge is 0.304 e. The topological polar surface area (TPSA) is 50.5 Å². The summed E-state index contributed by atoms with van der Waals surface area (Å²) < 4.78 is 1.62. The molecule has 1 unspecified atom stereocenters. The van der Waals surface area contributed by atoms with Gasteiger partial charge in [-0.3, -0.25) is 4.79 Å². The molecule has 0 saturated carbocycles. The zero-order valence-corrected chi connectivity index (χ0v) is 11.6. The van der Waals surface area contributed by atoms with Gasteiger partial charge in [-0.25, -0.2) is 9.50 Å². The summed E-state index contributed by atoms with van der Waals surface area (Å²) in [4.78, 5) is 18.8. The molecular formula is C16H14N4O. The molecule has 0 saturated heterocycles. The molecule has 0 N–H and O–H groups in total. The van der Waals surface area contributed by atoms with Crippen molar-refractivity contribution in [2.24, 2.45) is 0 Å². The van der Waals surface area contributed by atoms with Crippen molar-refractivity contribution in [3.63, 3.8) is 0 Å². The summed E-state index contributed by atoms with van der Waals surface area (Å²) in [5.41, 5.74) is 3.30. The molecule has 1 aromatic carbocycles. The molecule has 0 aliphatic carbocycles. The maximum atomic E-state index is 12.8. The fraction of sp³-hybridized carbons (Fsp3) is 0.188. The van der Waals surface area contributed by atoms with Gasteiger partial charge in [0, 0.05) is 30.2 Å². The van der Waals surface area contributed by atoms with Crippen molar-refractivity contribution in [1.82, 2.24) is 14.6 Å². The van der Waals surface area contributed by atoms with E-state index in [0.717, 1.165) is 12.1 Å². The normalized spacial score (nSPS) is 17.2. The van der Waals surface area contributed by atoms with E-state index in [4.69, 9.17) is 0 Å². The van der Waals surface area contributed by atoms with Crippen LogP contribution in [0.3, 0.4) is 0 Å². The standard InChI is InChI=1S/C16H14N4O/c1-11-9-12-5-2-3-6-14(12)20(11)16(21)13-10-15-17-7-4-8-19(15)18-13/h2-8,10-11H,9H2,1H3. The highest BCUT2D eigenvalue weighted by Gasteiger charge is 2.32. The van der Waals surface area contributed by atoms with Gasteiger partial charge in [-0.1, -0.05) is 18.2 Å². The van der Waals surface area contributed by atoms with Crippen LogP contribution in [0.5, 0.6) is 0 Å². The lowest BCUT2D eigenvalue weighted by Gasteiger charge is -2.21. The molecule has 0 fully saturated rings. The molecule has 0 spiro atoms. The fourth-order valence-corrected chi connectivity index (χ4v) is 2.93. The first-order valence-electron chi connectivity index (χ1n) is 6.96. The molecule has 5 heteroatoms. The second kappa shape index (κ2) is 4.41. The molecule has 1 aliphatic rings. The van der Waals surface area contributed by atoms with E-state index in [1.807, 2.05) is 23.1 Å². The second-order valence-corrected chi connectivity index (χ2v) is 5.31. The Kier molecular flexibility index (Phi) is 2.54. The first-order chi connectivity index (χ1) is 10.2. The van der Waals surface area contributed by atoms with E-state index in [0.29, 0.717) is 11.3 Å². The Morgan fingerprint density at radius 3 is 3.00 bits per heavy atom. The SMILES string of the molecule is CC1Cc2ccccc2N1C(=O)c1cc2ncccn2n1. The minimum absolute atomic E-state index is 0.0713. The third-order valence-corrected chi connectivity index (χ3v) is 3.88. The minimum atomic E-state index is -0.0713. The van der Waals surface area contributed by atoms with Crippen LogP contribution < -0.4 is 4.90 Å². The molecule has 2 aromatic heterocycles. The van der Waals surface area contributed by atoms with Crippen LogP contribution in [0.15, 0.2) is 48.8 Å². The Bertz CT molecular complexity index is 806. The zero-order chi connectivity index (χ0) is 14.4. The molecule has 3 aromatic rings. The van der Waals surface area contributed by atoms with Crippen LogP contribution in [0.4, 0.5) is 5.69 Å². The van der Waals surface area contributed by atoms with Crippen molar-refractivity contribution in [3.8, 4) is 0 Å². The molecule has 1 atom stereocenters. The van der Waals surface area contributed by atoms with Gasteiger partial charge in [0.25, 0.3) is 5.91 Å². The third-order valence-electron chi connectivity index (χ3n) is 3.88. The molecule has 21 heavy (non-hydrogen) atoms. The lowest BCUT2D eigenvalue weighted by Crippen LogP contribution is -2.36. The quantitative estimate of drug-likeness (QED) is 0.686. The number of hydrogen-bond acceptors (Lipinski definition) is 3. The van der Waals surface area contributed by atoms with Crippen LogP contribution >= 0.6 is 0 Å². The average Bonchev–Trinajstić information content (AvgIpc) is 3.06. The van der Waals surface area contributed by atoms with Gasteiger partial charge in [0.1, 0.15) is 0 Å². The van der Waals surface area contributed by atoms with E-state index in [1.54, 1.807) is 29.0 Å². The highest BCUT2D eigenvalue weighted by molar-refractivity contribution is 6.07. The number of carbonyl (C=O) groups excluding carboxylic acids is 1. The first-order valence-corrected chi connectivity index (χ1v) is 6.96. The van der Waals surface area contributed by atoms with Crippen molar-refractivity contribution in [1.29, 1.82) is 0 Å². The van der Waals surface area contributed by atoms with Gasteiger partial charge in [-0.15, -0.1) is 0 Å². The number of nitrogens with zero attached hydrogens (tertiary/aromatic N) is 4. The number of aromatic nitrogens is 3. The van der Waals surface area contributed by atoms with Crippen LogP contribution in [0.25, 0.3) is 5.65 Å². The van der Waals surface area contributed by atoms with E-state index in [-0.39, 0.29) is 11.9 Å². The molecule has 4 rings (SSSR count). The summed E-state index contributed by atoms with van der Waals surface area (Å²) in [6, 6.07) is 11.7. The van der Waals surface area contributed by atoms with Gasteiger partial charge < -0.3 is 4.90 Å². The summed E-state index contributed by atoms with van der Waals surface area (Å²) in [5.74, 6) is -0.0713. The number of para-hydroxylation sites is 1. The van der Waals surface area contributed by atoms with E-state index < -0.39 is 0 Å². The number of benzene rings is 1. The van der Waals surface area contributed by atoms with Crippen molar-refractivity contribution >= 4 is 17.2 Å². The van der Waals surface area contributed by atoms with Gasteiger partial charge in [0.15, 0.2) is 11.3 Å². The smallest absolute Gasteiger partial charge is 0.279 e. The third kappa shape index (κ3) is 1.81. The molecule has 3 heterocycles. The maximum Gasteiger partial charge on any atom is 0.279 e. The van der Waals surface area contributed by atoms with E-state index in [2.05, 4.69) is 23.1 Å². The predicted octanol–water partition coefficient (Wildman–Crippen LogP) is 2.32. The van der Waals surface area contributed by atoms with Crippen molar-refractivity contribution in [2.75, 3.05) is 4.90 Å². The van der Waals surface area contributed by atoms with Crippen molar-refractivity contribution in [2.45, 2.75) is 19.4 Å². The highest BCUT2D eigenvalue weighted by Crippen LogP contribution is 2.32. The van der Waals surface area contributed by atoms with Crippen LogP contribution in [0.1, 0.15) is 23.0 Å². The van der Waals surface area contributed by atoms with Crippen LogP contribution in [0, 0.1) is 0 Å². The Labute approximate surface area is 121 Å². The number of hydrogen-bond donors (Lipinski definition) is 0. The fourth-order valence-electron chi connectivity index (χ4n) is 2.93. The summed E-state index contributed by atoms with van der Waals surface area (Å²) >= 11 is 0. The van der Waals surface area contributed by atoms with E-state index in [9.17, 15) is 4.79 Å². The van der Waals surface area contributed by atoms with Crippen molar-refractivity contribution in [3.05, 3.63) is 60.0 Å². The molecular weight excluding hydrogens is 264 g/mol. The zero-order valence-electron chi connectivity index (χ0n) is 11.6. The summed E-state index contributed by atoms with van der Waals surface area (Å²) in [5, 5.41) is 4.33. The number of rotatable bonds is 1. The van der Waals surface area contributed by atoms with Gasteiger partial charge in [0.2, 0.25) is 0 Å². The van der Waals surface area contributed by atoms with Gasteiger partial charge >= 0.3 is 0 Å². The predicted molar refractivity (Wildman–Crippen MR) is 79.4 cm³/mol. The molecule has 1 amide bonds. The highest BCUT2D eigenvalue weighted by atomic mass is 16.2. The number of amides is 1. The number of fused-ring (bicyclic) bond motifs is 2. The van der Waals surface area contributed by atoms with Crippen LogP contribution in [-0.2, 0) is 6.42 Å². The Morgan fingerprint density at radius 1 is 1.29 bits per heavy atom. The van der Waals surface area contributed by atoms with E-state index in [1.165, 1.54) is 5.56 Å². The maximum absolute atomic E-state index is 12.8. The summed E-state index contributed by atoms with van der Waals surface area (Å²) in [7, 11) is 0. The van der Waals surface area contributed by atoms with Gasteiger partial charge in [-0.2, -0.15) is 5.10 Å². The lowest BCUT2D eigenvalue weighted by molar-refractivity contribution is 0.0976. The Balaban J connectivity index is 1.77. The summed E-state index contributed by atoms with van der Waals surface area (Å²) in [6.07, 6.45) is 4.37. The monoisotopic (exact) mass is 278 g/mol. The van der Waals surface area contributed by atoms with Crippen LogP contribution in [-0.4, -0.2) is 26.5 Å². The Morgan fingerprint density at radius 2 is 2.14 bits per heavy atom. The molecule has 0 radical (unpaired) electrons. The number of carbonyl (C=O) groups is 1. The Hall–Kier alpha value is -2.69. The van der Waals surface area contributed by atoms with E-state index >= 15 is 0 Å². The van der Waals surface area contributed by atoms with Crippen LogP contribution in [0.2, 0.25) is 0 Å². The molecule has 0 bridgehead atoms. The minimum Gasteiger partial charge on any atom is -0.304 e. The molecule has 104 valence electrons. The molecule has 1 aliphatic heterocycles. The lowest BCUT2D eigenvalue weighted by atomic mass is 10.1. The van der Waals surface area contributed by atoms with Gasteiger partial charge in [0.05, 0.1) is 0 Å². The van der Waals surface area contributed by atoms with Gasteiger partial charge in [-0.05, 0) is 31.0 Å². The first kappa shape index (κ1) is 12.1. The number of anilines is 1. The average molecular weight is 278 g/mol.